The summed E-state index contributed by atoms with van der Waals surface area (Å²) < 4.78 is 1.15. The third kappa shape index (κ3) is 3.14. The van der Waals surface area contributed by atoms with Gasteiger partial charge in [-0.15, -0.1) is 11.3 Å². The average Bonchev–Trinajstić information content (AvgIpc) is 2.68. The molecule has 1 atom stereocenters. The molecule has 0 amide bonds. The average molecular weight is 378 g/mol. The van der Waals surface area contributed by atoms with Gasteiger partial charge in [0, 0.05) is 8.45 Å². The highest BCUT2D eigenvalue weighted by molar-refractivity contribution is 14.1. The molecular weight excluding hydrogens is 365 g/mol. The van der Waals surface area contributed by atoms with E-state index in [0.717, 1.165) is 14.3 Å². The fourth-order valence-corrected chi connectivity index (χ4v) is 3.58. The number of anilines is 1. The zero-order valence-corrected chi connectivity index (χ0v) is 13.4. The molecule has 1 nitrogen and oxygen atoms in total. The predicted octanol–water partition coefficient (Wildman–Crippen LogP) is 5.49. The van der Waals surface area contributed by atoms with Gasteiger partial charge >= 0.3 is 0 Å². The normalized spacial score (nSPS) is 12.5. The summed E-state index contributed by atoms with van der Waals surface area (Å²) in [6.07, 6.45) is 0. The predicted molar refractivity (Wildman–Crippen MR) is 85.3 cm³/mol. The molecule has 0 fully saturated rings. The van der Waals surface area contributed by atoms with Crippen molar-refractivity contribution in [3.05, 3.63) is 48.7 Å². The maximum Gasteiger partial charge on any atom is 0.0648 e. The van der Waals surface area contributed by atoms with Crippen LogP contribution in [0.25, 0.3) is 0 Å². The van der Waals surface area contributed by atoms with E-state index < -0.39 is 0 Å². The van der Waals surface area contributed by atoms with Gasteiger partial charge in [0.2, 0.25) is 0 Å². The van der Waals surface area contributed by atoms with Gasteiger partial charge in [0.25, 0.3) is 0 Å². The highest BCUT2D eigenvalue weighted by atomic mass is 127. The van der Waals surface area contributed by atoms with Gasteiger partial charge in [-0.3, -0.25) is 0 Å². The minimum Gasteiger partial charge on any atom is -0.376 e. The maximum atomic E-state index is 6.21. The van der Waals surface area contributed by atoms with Gasteiger partial charge < -0.3 is 5.32 Å². The summed E-state index contributed by atoms with van der Waals surface area (Å²) in [7, 11) is 0. The first-order valence-corrected chi connectivity index (χ1v) is 7.67. The molecule has 90 valence electrons. The number of hydrogen-bond donors (Lipinski definition) is 1. The molecule has 0 saturated carbocycles. The first kappa shape index (κ1) is 13.2. The van der Waals surface area contributed by atoms with Crippen molar-refractivity contribution >= 4 is 51.2 Å². The Bertz CT molecular complexity index is 524. The molecule has 0 spiro atoms. The van der Waals surface area contributed by atoms with Gasteiger partial charge in [-0.2, -0.15) is 0 Å². The van der Waals surface area contributed by atoms with E-state index in [0.29, 0.717) is 0 Å². The molecule has 1 unspecified atom stereocenters. The molecule has 0 bridgehead atoms. The standard InChI is InChI=1S/C13H13ClINS/c1-8-5-6-17-13(8)9(2)16-12-4-3-10(15)7-11(12)14/h3-7,9,16H,1-2H3. The molecule has 1 heterocycles. The van der Waals surface area contributed by atoms with Crippen molar-refractivity contribution in [2.75, 3.05) is 5.32 Å². The lowest BCUT2D eigenvalue weighted by Gasteiger charge is -2.16. The van der Waals surface area contributed by atoms with Crippen LogP contribution in [0.2, 0.25) is 5.02 Å². The van der Waals surface area contributed by atoms with E-state index >= 15 is 0 Å². The number of nitrogens with one attached hydrogen (secondary N) is 1. The smallest absolute Gasteiger partial charge is 0.0648 e. The summed E-state index contributed by atoms with van der Waals surface area (Å²) in [5.74, 6) is 0. The number of thiophene rings is 1. The Hall–Kier alpha value is -0.260. The molecule has 0 saturated heterocycles. The van der Waals surface area contributed by atoms with Crippen LogP contribution in [0.3, 0.4) is 0 Å². The Labute approximate surface area is 124 Å². The fraction of sp³-hybridized carbons (Fsp3) is 0.231. The second-order valence-corrected chi connectivity index (χ2v) is 6.56. The van der Waals surface area contributed by atoms with Gasteiger partial charge in [0.15, 0.2) is 0 Å². The molecule has 0 aliphatic rings. The van der Waals surface area contributed by atoms with Crippen LogP contribution in [-0.4, -0.2) is 0 Å². The van der Waals surface area contributed by atoms with E-state index in [1.54, 1.807) is 11.3 Å². The highest BCUT2D eigenvalue weighted by Crippen LogP contribution is 2.30. The Kier molecular flexibility index (Phi) is 4.33. The second kappa shape index (κ2) is 5.59. The summed E-state index contributed by atoms with van der Waals surface area (Å²) >= 11 is 10.3. The lowest BCUT2D eigenvalue weighted by Crippen LogP contribution is -2.06. The van der Waals surface area contributed by atoms with Gasteiger partial charge in [0.1, 0.15) is 0 Å². The molecule has 1 N–H and O–H groups in total. The molecule has 1 aromatic heterocycles. The summed E-state index contributed by atoms with van der Waals surface area (Å²) in [4.78, 5) is 1.36. The molecular formula is C13H13ClINS. The van der Waals surface area contributed by atoms with E-state index in [2.05, 4.69) is 59.3 Å². The highest BCUT2D eigenvalue weighted by Gasteiger charge is 2.11. The minimum atomic E-state index is 0.285. The number of rotatable bonds is 3. The first-order valence-electron chi connectivity index (χ1n) is 5.33. The maximum absolute atomic E-state index is 6.21. The number of halogens is 2. The SMILES string of the molecule is Cc1ccsc1C(C)Nc1ccc(I)cc1Cl. The number of hydrogen-bond acceptors (Lipinski definition) is 2. The van der Waals surface area contributed by atoms with Crippen molar-refractivity contribution < 1.29 is 0 Å². The molecule has 0 radical (unpaired) electrons. The van der Waals surface area contributed by atoms with Crippen molar-refractivity contribution in [3.63, 3.8) is 0 Å². The number of benzene rings is 1. The third-order valence-corrected chi connectivity index (χ3v) is 4.78. The van der Waals surface area contributed by atoms with Crippen molar-refractivity contribution in [2.45, 2.75) is 19.9 Å². The monoisotopic (exact) mass is 377 g/mol. The van der Waals surface area contributed by atoms with E-state index in [4.69, 9.17) is 11.6 Å². The summed E-state index contributed by atoms with van der Waals surface area (Å²) in [5, 5.41) is 6.36. The lowest BCUT2D eigenvalue weighted by molar-refractivity contribution is 0.899. The van der Waals surface area contributed by atoms with Crippen LogP contribution < -0.4 is 5.32 Å². The van der Waals surface area contributed by atoms with Crippen LogP contribution in [0.15, 0.2) is 29.6 Å². The van der Waals surface area contributed by atoms with E-state index in [9.17, 15) is 0 Å². The van der Waals surface area contributed by atoms with Crippen molar-refractivity contribution in [3.8, 4) is 0 Å². The Balaban J connectivity index is 2.19. The molecule has 1 aromatic carbocycles. The van der Waals surface area contributed by atoms with Crippen LogP contribution >= 0.6 is 45.5 Å². The Morgan fingerprint density at radius 3 is 2.71 bits per heavy atom. The van der Waals surface area contributed by atoms with Crippen LogP contribution in [0, 0.1) is 10.5 Å². The van der Waals surface area contributed by atoms with E-state index in [1.165, 1.54) is 10.4 Å². The Morgan fingerprint density at radius 1 is 1.35 bits per heavy atom. The van der Waals surface area contributed by atoms with E-state index in [1.807, 2.05) is 12.1 Å². The number of aryl methyl sites for hydroxylation is 1. The van der Waals surface area contributed by atoms with Crippen LogP contribution in [0.4, 0.5) is 5.69 Å². The van der Waals surface area contributed by atoms with Crippen molar-refractivity contribution in [1.29, 1.82) is 0 Å². The topological polar surface area (TPSA) is 12.0 Å². The van der Waals surface area contributed by atoms with Crippen LogP contribution in [0.5, 0.6) is 0 Å². The van der Waals surface area contributed by atoms with Crippen molar-refractivity contribution in [1.82, 2.24) is 0 Å². The van der Waals surface area contributed by atoms with Gasteiger partial charge in [0.05, 0.1) is 16.8 Å². The molecule has 0 aliphatic heterocycles. The Morgan fingerprint density at radius 2 is 2.12 bits per heavy atom. The summed E-state index contributed by atoms with van der Waals surface area (Å²) in [6.45, 7) is 4.30. The zero-order valence-electron chi connectivity index (χ0n) is 9.63. The minimum absolute atomic E-state index is 0.285. The molecule has 17 heavy (non-hydrogen) atoms. The fourth-order valence-electron chi connectivity index (χ4n) is 1.73. The molecule has 2 aromatic rings. The quantitative estimate of drug-likeness (QED) is 0.698. The summed E-state index contributed by atoms with van der Waals surface area (Å²) in [6, 6.07) is 8.49. The van der Waals surface area contributed by atoms with Crippen molar-refractivity contribution in [2.24, 2.45) is 0 Å². The largest absolute Gasteiger partial charge is 0.376 e. The summed E-state index contributed by atoms with van der Waals surface area (Å²) in [5.41, 5.74) is 2.32. The first-order chi connectivity index (χ1) is 8.08. The molecule has 2 rings (SSSR count). The molecule has 4 heteroatoms. The second-order valence-electron chi connectivity index (χ2n) is 3.96. The van der Waals surface area contributed by atoms with Gasteiger partial charge in [-0.1, -0.05) is 11.6 Å². The third-order valence-electron chi connectivity index (χ3n) is 2.60. The van der Waals surface area contributed by atoms with Crippen LogP contribution in [-0.2, 0) is 0 Å². The van der Waals surface area contributed by atoms with Gasteiger partial charge in [-0.05, 0) is 71.6 Å². The zero-order chi connectivity index (χ0) is 12.4. The molecule has 0 aliphatic carbocycles. The van der Waals surface area contributed by atoms with Gasteiger partial charge in [-0.25, -0.2) is 0 Å². The van der Waals surface area contributed by atoms with Crippen LogP contribution in [0.1, 0.15) is 23.4 Å². The lowest BCUT2D eigenvalue weighted by atomic mass is 10.2. The van der Waals surface area contributed by atoms with E-state index in [-0.39, 0.29) is 6.04 Å².